The van der Waals surface area contributed by atoms with E-state index in [1.807, 2.05) is 55.7 Å². The highest BCUT2D eigenvalue weighted by atomic mass is 16.5. The molecule has 0 radical (unpaired) electrons. The van der Waals surface area contributed by atoms with Crippen molar-refractivity contribution in [3.8, 4) is 16.9 Å². The van der Waals surface area contributed by atoms with Gasteiger partial charge in [0.25, 0.3) is 5.91 Å². The molecule has 2 fully saturated rings. The Hall–Kier alpha value is -3.77. The van der Waals surface area contributed by atoms with Crippen LogP contribution in [-0.4, -0.2) is 35.1 Å². The molecule has 35 heavy (non-hydrogen) atoms. The summed E-state index contributed by atoms with van der Waals surface area (Å²) in [7, 11) is 0. The third-order valence-corrected chi connectivity index (χ3v) is 7.16. The molecule has 176 valence electrons. The van der Waals surface area contributed by atoms with Crippen molar-refractivity contribution in [1.82, 2.24) is 20.6 Å². The van der Waals surface area contributed by atoms with Crippen LogP contribution in [0.25, 0.3) is 22.0 Å². The predicted molar refractivity (Wildman–Crippen MR) is 136 cm³/mol. The number of benzene rings is 2. The Morgan fingerprint density at radius 3 is 2.71 bits per heavy atom. The van der Waals surface area contributed by atoms with Gasteiger partial charge in [0.15, 0.2) is 0 Å². The molecule has 0 unspecified atom stereocenters. The zero-order valence-corrected chi connectivity index (χ0v) is 19.8. The molecule has 6 rings (SSSR count). The van der Waals surface area contributed by atoms with Crippen LogP contribution in [0.3, 0.4) is 0 Å². The van der Waals surface area contributed by atoms with E-state index in [1.165, 1.54) is 0 Å². The van der Waals surface area contributed by atoms with E-state index in [2.05, 4.69) is 38.8 Å². The number of carbonyl (C=O) groups is 1. The first-order chi connectivity index (χ1) is 17.1. The molecule has 0 bridgehead atoms. The molecular weight excluding hydrogens is 436 g/mol. The normalized spacial score (nSPS) is 18.0. The van der Waals surface area contributed by atoms with Gasteiger partial charge in [0, 0.05) is 41.1 Å². The molecule has 2 aliphatic rings. The SMILES string of the molecule is Cc1ccc(OC[C@@H]2CCN2)cc1C(=O)NC1(c2cc(-c3cccnc3)cc3ncccc23)CC1. The number of nitrogens with one attached hydrogen (secondary N) is 2. The van der Waals surface area contributed by atoms with Crippen LogP contribution in [0.1, 0.15) is 40.7 Å². The fourth-order valence-electron chi connectivity index (χ4n) is 4.77. The van der Waals surface area contributed by atoms with Crippen molar-refractivity contribution in [3.63, 3.8) is 0 Å². The summed E-state index contributed by atoms with van der Waals surface area (Å²) in [6, 6.07) is 18.5. The lowest BCUT2D eigenvalue weighted by Crippen LogP contribution is -2.46. The van der Waals surface area contributed by atoms with E-state index in [9.17, 15) is 4.79 Å². The highest BCUT2D eigenvalue weighted by Gasteiger charge is 2.47. The molecule has 6 heteroatoms. The third kappa shape index (κ3) is 4.26. The lowest BCUT2D eigenvalue weighted by Gasteiger charge is -2.27. The summed E-state index contributed by atoms with van der Waals surface area (Å²) in [4.78, 5) is 22.4. The number of fused-ring (bicyclic) bond motifs is 1. The average molecular weight is 465 g/mol. The number of hydrogen-bond donors (Lipinski definition) is 2. The van der Waals surface area contributed by atoms with Crippen LogP contribution in [0, 0.1) is 6.92 Å². The second kappa shape index (κ2) is 8.78. The molecule has 2 N–H and O–H groups in total. The molecule has 4 aromatic rings. The van der Waals surface area contributed by atoms with Crippen LogP contribution in [0.15, 0.2) is 73.2 Å². The summed E-state index contributed by atoms with van der Waals surface area (Å²) < 4.78 is 5.95. The first-order valence-electron chi connectivity index (χ1n) is 12.2. The Labute approximate surface area is 204 Å². The zero-order valence-electron chi connectivity index (χ0n) is 19.8. The number of aromatic nitrogens is 2. The minimum absolute atomic E-state index is 0.0731. The van der Waals surface area contributed by atoms with Crippen LogP contribution in [0.2, 0.25) is 0 Å². The van der Waals surface area contributed by atoms with Crippen molar-refractivity contribution in [2.45, 2.75) is 37.8 Å². The van der Waals surface area contributed by atoms with Gasteiger partial charge in [-0.25, -0.2) is 0 Å². The highest BCUT2D eigenvalue weighted by molar-refractivity contribution is 5.98. The number of pyridine rings is 2. The van der Waals surface area contributed by atoms with E-state index in [0.717, 1.165) is 64.7 Å². The molecule has 2 aromatic carbocycles. The van der Waals surface area contributed by atoms with E-state index >= 15 is 0 Å². The van der Waals surface area contributed by atoms with Gasteiger partial charge in [-0.15, -0.1) is 0 Å². The van der Waals surface area contributed by atoms with Gasteiger partial charge < -0.3 is 15.4 Å². The van der Waals surface area contributed by atoms with E-state index in [-0.39, 0.29) is 5.91 Å². The smallest absolute Gasteiger partial charge is 0.252 e. The van der Waals surface area contributed by atoms with E-state index in [0.29, 0.717) is 18.2 Å². The van der Waals surface area contributed by atoms with Gasteiger partial charge in [-0.1, -0.05) is 18.2 Å². The van der Waals surface area contributed by atoms with Gasteiger partial charge in [-0.3, -0.25) is 14.8 Å². The van der Waals surface area contributed by atoms with Crippen molar-refractivity contribution in [1.29, 1.82) is 0 Å². The molecule has 3 heterocycles. The van der Waals surface area contributed by atoms with Crippen LogP contribution >= 0.6 is 0 Å². The number of rotatable bonds is 7. The standard InChI is InChI=1S/C29H28N4O2/c1-19-6-7-23(35-18-22-8-13-31-22)16-25(19)28(34)33-29(9-10-29)26-14-21(20-4-2-11-30-17-20)15-27-24(26)5-3-12-32-27/h2-7,11-12,14-17,22,31H,8-10,13,18H2,1H3,(H,33,34)/t22-/m0/s1. The third-order valence-electron chi connectivity index (χ3n) is 7.16. The minimum Gasteiger partial charge on any atom is -0.492 e. The lowest BCUT2D eigenvalue weighted by molar-refractivity contribution is 0.0930. The van der Waals surface area contributed by atoms with Crippen LogP contribution in [0.4, 0.5) is 0 Å². The topological polar surface area (TPSA) is 76.1 Å². The molecule has 1 saturated heterocycles. The zero-order chi connectivity index (χ0) is 23.8. The van der Waals surface area contributed by atoms with Crippen LogP contribution < -0.4 is 15.4 Å². The quantitative estimate of drug-likeness (QED) is 0.412. The van der Waals surface area contributed by atoms with Gasteiger partial charge in [-0.2, -0.15) is 0 Å². The maximum absolute atomic E-state index is 13.5. The van der Waals surface area contributed by atoms with Gasteiger partial charge in [0.2, 0.25) is 0 Å². The number of aryl methyl sites for hydroxylation is 1. The van der Waals surface area contributed by atoms with E-state index in [4.69, 9.17) is 4.74 Å². The summed E-state index contributed by atoms with van der Waals surface area (Å²) >= 11 is 0. The van der Waals surface area contributed by atoms with Crippen molar-refractivity contribution >= 4 is 16.8 Å². The summed E-state index contributed by atoms with van der Waals surface area (Å²) in [5, 5.41) is 7.78. The molecule has 1 atom stereocenters. The number of carbonyl (C=O) groups excluding carboxylic acids is 1. The number of hydrogen-bond acceptors (Lipinski definition) is 5. The Morgan fingerprint density at radius 1 is 1.11 bits per heavy atom. The molecule has 0 spiro atoms. The molecule has 1 saturated carbocycles. The summed E-state index contributed by atoms with van der Waals surface area (Å²) in [6.07, 6.45) is 8.35. The van der Waals surface area contributed by atoms with Crippen molar-refractivity contribution < 1.29 is 9.53 Å². The second-order valence-corrected chi connectivity index (χ2v) is 9.60. The Bertz CT molecular complexity index is 1390. The van der Waals surface area contributed by atoms with Crippen LogP contribution in [-0.2, 0) is 5.54 Å². The Kier molecular flexibility index (Phi) is 5.46. The van der Waals surface area contributed by atoms with Gasteiger partial charge in [0.05, 0.1) is 11.1 Å². The maximum Gasteiger partial charge on any atom is 0.252 e. The average Bonchev–Trinajstić information content (AvgIpc) is 3.64. The van der Waals surface area contributed by atoms with Crippen molar-refractivity contribution in [2.24, 2.45) is 0 Å². The second-order valence-electron chi connectivity index (χ2n) is 9.60. The van der Waals surface area contributed by atoms with E-state index in [1.54, 1.807) is 6.20 Å². The summed E-state index contributed by atoms with van der Waals surface area (Å²) in [6.45, 7) is 3.63. The first kappa shape index (κ1) is 21.7. The lowest BCUT2D eigenvalue weighted by atomic mass is 9.93. The fraction of sp³-hybridized carbons (Fsp3) is 0.276. The molecular formula is C29H28N4O2. The Morgan fingerprint density at radius 2 is 1.97 bits per heavy atom. The molecule has 1 aliphatic carbocycles. The summed E-state index contributed by atoms with van der Waals surface area (Å²) in [5.41, 5.74) is 5.29. The van der Waals surface area contributed by atoms with Gasteiger partial charge >= 0.3 is 0 Å². The van der Waals surface area contributed by atoms with Gasteiger partial charge in [0.1, 0.15) is 12.4 Å². The fourth-order valence-corrected chi connectivity index (χ4v) is 4.77. The monoisotopic (exact) mass is 464 g/mol. The number of amides is 1. The van der Waals surface area contributed by atoms with Gasteiger partial charge in [-0.05, 0) is 85.8 Å². The number of nitrogens with zero attached hydrogens (tertiary/aromatic N) is 2. The molecule has 6 nitrogen and oxygen atoms in total. The van der Waals surface area contributed by atoms with Crippen molar-refractivity contribution in [2.75, 3.05) is 13.2 Å². The van der Waals surface area contributed by atoms with Crippen LogP contribution in [0.5, 0.6) is 5.75 Å². The van der Waals surface area contributed by atoms with Crippen molar-refractivity contribution in [3.05, 3.63) is 89.9 Å². The Balaban J connectivity index is 1.32. The molecule has 2 aromatic heterocycles. The maximum atomic E-state index is 13.5. The van der Waals surface area contributed by atoms with E-state index < -0.39 is 5.54 Å². The molecule has 1 amide bonds. The highest BCUT2D eigenvalue weighted by Crippen LogP contribution is 2.49. The summed E-state index contributed by atoms with van der Waals surface area (Å²) in [5.74, 6) is 0.656. The largest absolute Gasteiger partial charge is 0.492 e. The number of ether oxygens (including phenoxy) is 1. The first-order valence-corrected chi connectivity index (χ1v) is 12.2. The predicted octanol–water partition coefficient (Wildman–Crippen LogP) is 4.77. The molecule has 1 aliphatic heterocycles. The minimum atomic E-state index is -0.407.